The van der Waals surface area contributed by atoms with Crippen LogP contribution in [0.4, 0.5) is 5.82 Å². The van der Waals surface area contributed by atoms with Crippen LogP contribution in [0.1, 0.15) is 55.5 Å². The second kappa shape index (κ2) is 6.42. The zero-order chi connectivity index (χ0) is 15.5. The monoisotopic (exact) mass is 286 g/mol. The molecule has 0 bridgehead atoms. The second-order valence-corrected chi connectivity index (χ2v) is 6.37. The number of aryl methyl sites for hydroxylation is 1. The maximum atomic E-state index is 11.8. The highest BCUT2D eigenvalue weighted by molar-refractivity contribution is 5.99. The SMILES string of the molecule is C=CCCC1(CCC)CN(c2ncc(C)cc2C(C)=O)C1. The Hall–Kier alpha value is -1.64. The Morgan fingerprint density at radius 2 is 2.19 bits per heavy atom. The lowest BCUT2D eigenvalue weighted by molar-refractivity contribution is 0.101. The third-order valence-corrected chi connectivity index (χ3v) is 4.39. The summed E-state index contributed by atoms with van der Waals surface area (Å²) in [5, 5.41) is 0. The molecular weight excluding hydrogens is 260 g/mol. The molecule has 0 spiro atoms. The number of Topliss-reactive ketones (excluding diaryl/α,β-unsaturated/α-hetero) is 1. The minimum atomic E-state index is 0.0975. The Balaban J connectivity index is 2.15. The number of allylic oxidation sites excluding steroid dienone is 1. The molecule has 114 valence electrons. The molecule has 3 nitrogen and oxygen atoms in total. The predicted molar refractivity (Wildman–Crippen MR) is 88.0 cm³/mol. The van der Waals surface area contributed by atoms with Gasteiger partial charge in [0.05, 0.1) is 5.56 Å². The Labute approximate surface area is 128 Å². The first-order chi connectivity index (χ1) is 10.0. The molecule has 2 heterocycles. The average molecular weight is 286 g/mol. The van der Waals surface area contributed by atoms with Gasteiger partial charge in [0, 0.05) is 24.7 Å². The largest absolute Gasteiger partial charge is 0.355 e. The lowest BCUT2D eigenvalue weighted by atomic mass is 9.72. The molecule has 0 radical (unpaired) electrons. The van der Waals surface area contributed by atoms with Crippen LogP contribution in [0, 0.1) is 12.3 Å². The highest BCUT2D eigenvalue weighted by Crippen LogP contribution is 2.42. The molecule has 0 aliphatic carbocycles. The summed E-state index contributed by atoms with van der Waals surface area (Å²) in [6, 6.07) is 1.95. The number of carbonyl (C=O) groups is 1. The smallest absolute Gasteiger partial charge is 0.163 e. The van der Waals surface area contributed by atoms with E-state index in [0.717, 1.165) is 36.5 Å². The minimum absolute atomic E-state index is 0.0975. The lowest BCUT2D eigenvalue weighted by Gasteiger charge is -2.51. The van der Waals surface area contributed by atoms with Crippen LogP contribution < -0.4 is 4.90 Å². The number of carbonyl (C=O) groups excluding carboxylic acids is 1. The molecule has 1 aliphatic heterocycles. The first-order valence-electron chi connectivity index (χ1n) is 7.85. The van der Waals surface area contributed by atoms with Crippen LogP contribution in [-0.2, 0) is 0 Å². The van der Waals surface area contributed by atoms with E-state index in [0.29, 0.717) is 5.41 Å². The molecule has 0 unspecified atom stereocenters. The quantitative estimate of drug-likeness (QED) is 0.557. The standard InChI is InChI=1S/C18H26N2O/c1-5-7-9-18(8-6-2)12-20(13-18)17-16(15(4)21)10-14(3)11-19-17/h5,10-11H,1,6-9,12-13H2,2-4H3. The zero-order valence-electron chi connectivity index (χ0n) is 13.5. The van der Waals surface area contributed by atoms with Crippen molar-refractivity contribution in [2.75, 3.05) is 18.0 Å². The molecule has 0 aromatic carbocycles. The van der Waals surface area contributed by atoms with Gasteiger partial charge in [-0.2, -0.15) is 0 Å². The molecule has 3 heteroatoms. The Morgan fingerprint density at radius 3 is 2.76 bits per heavy atom. The van der Waals surface area contributed by atoms with Gasteiger partial charge in [-0.3, -0.25) is 4.79 Å². The van der Waals surface area contributed by atoms with Crippen molar-refractivity contribution in [2.45, 2.75) is 46.5 Å². The molecule has 1 aromatic heterocycles. The molecule has 1 aromatic rings. The van der Waals surface area contributed by atoms with Crippen LogP contribution in [0.25, 0.3) is 0 Å². The summed E-state index contributed by atoms with van der Waals surface area (Å²) in [4.78, 5) is 18.6. The second-order valence-electron chi connectivity index (χ2n) is 6.37. The molecule has 21 heavy (non-hydrogen) atoms. The van der Waals surface area contributed by atoms with Crippen molar-refractivity contribution in [1.82, 2.24) is 4.98 Å². The van der Waals surface area contributed by atoms with E-state index in [1.807, 2.05) is 25.3 Å². The lowest BCUT2D eigenvalue weighted by Crippen LogP contribution is -2.57. The van der Waals surface area contributed by atoms with Crippen LogP contribution >= 0.6 is 0 Å². The van der Waals surface area contributed by atoms with E-state index in [1.54, 1.807) is 6.92 Å². The number of ketones is 1. The van der Waals surface area contributed by atoms with Gasteiger partial charge in [-0.25, -0.2) is 4.98 Å². The van der Waals surface area contributed by atoms with E-state index in [2.05, 4.69) is 23.4 Å². The molecule has 0 atom stereocenters. The fourth-order valence-corrected chi connectivity index (χ4v) is 3.37. The highest BCUT2D eigenvalue weighted by atomic mass is 16.1. The summed E-state index contributed by atoms with van der Waals surface area (Å²) in [6.07, 6.45) is 8.54. The Bertz CT molecular complexity index is 530. The van der Waals surface area contributed by atoms with Crippen molar-refractivity contribution in [2.24, 2.45) is 5.41 Å². The third-order valence-electron chi connectivity index (χ3n) is 4.39. The van der Waals surface area contributed by atoms with Crippen molar-refractivity contribution >= 4 is 11.6 Å². The Kier molecular flexibility index (Phi) is 4.81. The summed E-state index contributed by atoms with van der Waals surface area (Å²) in [5.41, 5.74) is 2.17. The van der Waals surface area contributed by atoms with Crippen molar-refractivity contribution in [3.8, 4) is 0 Å². The van der Waals surface area contributed by atoms with Gasteiger partial charge in [0.15, 0.2) is 5.78 Å². The summed E-state index contributed by atoms with van der Waals surface area (Å²) >= 11 is 0. The van der Waals surface area contributed by atoms with E-state index in [-0.39, 0.29) is 5.78 Å². The van der Waals surface area contributed by atoms with Crippen LogP contribution in [0.3, 0.4) is 0 Å². The predicted octanol–water partition coefficient (Wildman–Crippen LogP) is 4.17. The van der Waals surface area contributed by atoms with Crippen molar-refractivity contribution in [3.05, 3.63) is 36.0 Å². The van der Waals surface area contributed by atoms with E-state index < -0.39 is 0 Å². The van der Waals surface area contributed by atoms with Gasteiger partial charge < -0.3 is 4.90 Å². The number of hydrogen-bond acceptors (Lipinski definition) is 3. The number of anilines is 1. The molecule has 1 aliphatic rings. The number of rotatable bonds is 7. The fourth-order valence-electron chi connectivity index (χ4n) is 3.37. The van der Waals surface area contributed by atoms with E-state index in [1.165, 1.54) is 19.3 Å². The number of aromatic nitrogens is 1. The number of nitrogens with zero attached hydrogens (tertiary/aromatic N) is 2. The van der Waals surface area contributed by atoms with Crippen molar-refractivity contribution in [1.29, 1.82) is 0 Å². The van der Waals surface area contributed by atoms with E-state index in [9.17, 15) is 4.79 Å². The normalized spacial score (nSPS) is 16.4. The molecular formula is C18H26N2O. The first kappa shape index (κ1) is 15.7. The number of hydrogen-bond donors (Lipinski definition) is 0. The topological polar surface area (TPSA) is 33.2 Å². The van der Waals surface area contributed by atoms with Gasteiger partial charge in [0.2, 0.25) is 0 Å². The van der Waals surface area contributed by atoms with Crippen LogP contribution in [0.15, 0.2) is 24.9 Å². The molecule has 2 rings (SSSR count). The van der Waals surface area contributed by atoms with Gasteiger partial charge in [0.25, 0.3) is 0 Å². The minimum Gasteiger partial charge on any atom is -0.355 e. The van der Waals surface area contributed by atoms with E-state index >= 15 is 0 Å². The summed E-state index contributed by atoms with van der Waals surface area (Å²) in [6.45, 7) is 11.7. The third kappa shape index (κ3) is 3.34. The van der Waals surface area contributed by atoms with Gasteiger partial charge in [-0.05, 0) is 44.7 Å². The highest BCUT2D eigenvalue weighted by Gasteiger charge is 2.42. The van der Waals surface area contributed by atoms with Crippen LogP contribution in [0.5, 0.6) is 0 Å². The van der Waals surface area contributed by atoms with Crippen LogP contribution in [0.2, 0.25) is 0 Å². The summed E-state index contributed by atoms with van der Waals surface area (Å²) < 4.78 is 0. The molecule has 1 saturated heterocycles. The van der Waals surface area contributed by atoms with Gasteiger partial charge >= 0.3 is 0 Å². The fraction of sp³-hybridized carbons (Fsp3) is 0.556. The summed E-state index contributed by atoms with van der Waals surface area (Å²) in [7, 11) is 0. The van der Waals surface area contributed by atoms with Crippen molar-refractivity contribution in [3.63, 3.8) is 0 Å². The Morgan fingerprint density at radius 1 is 1.48 bits per heavy atom. The molecule has 0 amide bonds. The zero-order valence-corrected chi connectivity index (χ0v) is 13.5. The van der Waals surface area contributed by atoms with E-state index in [4.69, 9.17) is 0 Å². The van der Waals surface area contributed by atoms with Crippen LogP contribution in [-0.4, -0.2) is 23.9 Å². The maximum absolute atomic E-state index is 11.8. The van der Waals surface area contributed by atoms with Gasteiger partial charge in [0.1, 0.15) is 5.82 Å². The first-order valence-corrected chi connectivity index (χ1v) is 7.85. The molecule has 0 saturated carbocycles. The van der Waals surface area contributed by atoms with Gasteiger partial charge in [-0.1, -0.05) is 19.4 Å². The maximum Gasteiger partial charge on any atom is 0.163 e. The summed E-state index contributed by atoms with van der Waals surface area (Å²) in [5.74, 6) is 0.957. The van der Waals surface area contributed by atoms with Crippen molar-refractivity contribution < 1.29 is 4.79 Å². The average Bonchev–Trinajstić information content (AvgIpc) is 2.41. The number of pyridine rings is 1. The molecule has 1 fully saturated rings. The van der Waals surface area contributed by atoms with Gasteiger partial charge in [-0.15, -0.1) is 6.58 Å². The molecule has 0 N–H and O–H groups in total.